The minimum absolute atomic E-state index is 0.0814. The number of aliphatic hydroxyl groups excluding tert-OH is 1. The second-order valence-corrected chi connectivity index (χ2v) is 9.17. The first-order chi connectivity index (χ1) is 15.8. The second kappa shape index (κ2) is 8.40. The van der Waals surface area contributed by atoms with Crippen LogP contribution in [0.1, 0.15) is 45.6 Å². The Morgan fingerprint density at radius 1 is 1.27 bits per heavy atom. The molecule has 0 aromatic carbocycles. The lowest BCUT2D eigenvalue weighted by atomic mass is 9.93. The van der Waals surface area contributed by atoms with Gasteiger partial charge in [0.15, 0.2) is 5.79 Å². The lowest BCUT2D eigenvalue weighted by Gasteiger charge is -2.26. The molecule has 3 N–H and O–H groups in total. The van der Waals surface area contributed by atoms with E-state index in [1.807, 2.05) is 29.4 Å². The van der Waals surface area contributed by atoms with Crippen molar-refractivity contribution >= 4 is 22.8 Å². The van der Waals surface area contributed by atoms with Crippen molar-refractivity contribution in [2.45, 2.75) is 70.1 Å². The van der Waals surface area contributed by atoms with E-state index in [0.29, 0.717) is 26.0 Å². The average Bonchev–Trinajstić information content (AvgIpc) is 3.45. The van der Waals surface area contributed by atoms with Crippen molar-refractivity contribution < 1.29 is 24.5 Å². The molecule has 0 radical (unpaired) electrons. The van der Waals surface area contributed by atoms with Gasteiger partial charge < -0.3 is 19.7 Å². The van der Waals surface area contributed by atoms with Crippen LogP contribution in [0, 0.1) is 0 Å². The van der Waals surface area contributed by atoms with Crippen LogP contribution in [0.25, 0.3) is 22.2 Å². The molecule has 1 aliphatic carbocycles. The van der Waals surface area contributed by atoms with E-state index >= 15 is 0 Å². The number of rotatable bonds is 5. The number of fused-ring (bicyclic) bond motifs is 1. The van der Waals surface area contributed by atoms with Crippen LogP contribution >= 0.6 is 0 Å². The van der Waals surface area contributed by atoms with Gasteiger partial charge in [-0.3, -0.25) is 14.7 Å². The zero-order valence-corrected chi connectivity index (χ0v) is 18.6. The molecule has 5 rings (SSSR count). The summed E-state index contributed by atoms with van der Waals surface area (Å²) in [5.41, 5.74) is 2.38. The van der Waals surface area contributed by atoms with Crippen LogP contribution in [-0.4, -0.2) is 65.5 Å². The average molecular weight is 457 g/mol. The summed E-state index contributed by atoms with van der Waals surface area (Å²) in [7, 11) is 0. The maximum atomic E-state index is 11.1. The zero-order chi connectivity index (χ0) is 23.2. The molecular formula is C22H28N6O5. The molecule has 3 aromatic heterocycles. The third-order valence-electron chi connectivity index (χ3n) is 6.20. The van der Waals surface area contributed by atoms with Gasteiger partial charge in [0, 0.05) is 29.4 Å². The van der Waals surface area contributed by atoms with Gasteiger partial charge in [-0.15, -0.1) is 0 Å². The summed E-state index contributed by atoms with van der Waals surface area (Å²) in [6.07, 6.45) is 6.83. The molecule has 11 nitrogen and oxygen atoms in total. The molecule has 1 saturated carbocycles. The number of anilines is 1. The van der Waals surface area contributed by atoms with E-state index in [1.54, 1.807) is 18.5 Å². The number of ether oxygens (including phenoxy) is 2. The van der Waals surface area contributed by atoms with Crippen molar-refractivity contribution in [1.29, 1.82) is 0 Å². The highest BCUT2D eigenvalue weighted by molar-refractivity contribution is 5.95. The molecule has 1 aliphatic heterocycles. The van der Waals surface area contributed by atoms with E-state index in [-0.39, 0.29) is 24.1 Å². The summed E-state index contributed by atoms with van der Waals surface area (Å²) in [6.45, 7) is 4.86. The molecule has 0 unspecified atom stereocenters. The highest BCUT2D eigenvalue weighted by Crippen LogP contribution is 2.35. The number of hydrogen-bond acceptors (Lipinski definition) is 7. The first-order valence-corrected chi connectivity index (χ1v) is 11.2. The summed E-state index contributed by atoms with van der Waals surface area (Å²) in [6, 6.07) is 1.83. The summed E-state index contributed by atoms with van der Waals surface area (Å²) in [5.74, 6) is -0.341. The van der Waals surface area contributed by atoms with Crippen molar-refractivity contribution in [3.63, 3.8) is 0 Å². The van der Waals surface area contributed by atoms with Crippen molar-refractivity contribution in [3.8, 4) is 11.3 Å². The van der Waals surface area contributed by atoms with E-state index in [0.717, 1.165) is 35.0 Å². The van der Waals surface area contributed by atoms with Gasteiger partial charge in [-0.05, 0) is 39.5 Å². The van der Waals surface area contributed by atoms with Gasteiger partial charge in [-0.25, -0.2) is 9.78 Å². The fourth-order valence-corrected chi connectivity index (χ4v) is 4.65. The number of amides is 1. The second-order valence-electron chi connectivity index (χ2n) is 9.17. The Balaban J connectivity index is 1.48. The van der Waals surface area contributed by atoms with Gasteiger partial charge in [0.1, 0.15) is 17.6 Å². The first-order valence-electron chi connectivity index (χ1n) is 11.2. The van der Waals surface area contributed by atoms with Crippen molar-refractivity contribution in [3.05, 3.63) is 24.7 Å². The molecule has 2 fully saturated rings. The van der Waals surface area contributed by atoms with Crippen molar-refractivity contribution in [2.24, 2.45) is 0 Å². The standard InChI is InChI=1S/C22H28N6O5/c1-22(2)32-12-16(33-22)11-27-10-13(8-24-27)20-17-9-23-19(25-21(30)31)7-18(17)28(26-20)14-3-5-15(29)6-4-14/h7-10,14-16,29H,3-6,11-12H2,1-2H3,(H,23,25)(H,30,31)/t14?,15?,16-/m0/s1. The normalized spacial score (nSPS) is 24.9. The minimum Gasteiger partial charge on any atom is -0.465 e. The quantitative estimate of drug-likeness (QED) is 0.533. The summed E-state index contributed by atoms with van der Waals surface area (Å²) in [5, 5.41) is 31.5. The number of carbonyl (C=O) groups is 1. The Bertz CT molecular complexity index is 1160. The fraction of sp³-hybridized carbons (Fsp3) is 0.545. The predicted octanol–water partition coefficient (Wildman–Crippen LogP) is 3.01. The van der Waals surface area contributed by atoms with Gasteiger partial charge in [0.2, 0.25) is 0 Å². The third kappa shape index (κ3) is 4.56. The lowest BCUT2D eigenvalue weighted by molar-refractivity contribution is -0.139. The van der Waals surface area contributed by atoms with Crippen LogP contribution in [0.4, 0.5) is 10.6 Å². The van der Waals surface area contributed by atoms with Gasteiger partial charge in [0.05, 0.1) is 37.0 Å². The van der Waals surface area contributed by atoms with E-state index in [9.17, 15) is 9.90 Å². The Labute approximate surface area is 190 Å². The van der Waals surface area contributed by atoms with E-state index in [1.165, 1.54) is 0 Å². The fourth-order valence-electron chi connectivity index (χ4n) is 4.65. The lowest BCUT2D eigenvalue weighted by Crippen LogP contribution is -2.24. The van der Waals surface area contributed by atoms with Gasteiger partial charge in [0.25, 0.3) is 0 Å². The molecule has 0 spiro atoms. The Morgan fingerprint density at radius 2 is 2.06 bits per heavy atom. The van der Waals surface area contributed by atoms with Crippen LogP contribution < -0.4 is 5.32 Å². The molecule has 1 amide bonds. The van der Waals surface area contributed by atoms with Gasteiger partial charge in [-0.2, -0.15) is 10.2 Å². The topological polar surface area (TPSA) is 137 Å². The summed E-state index contributed by atoms with van der Waals surface area (Å²) in [4.78, 5) is 15.4. The molecule has 4 heterocycles. The number of aliphatic hydroxyl groups is 1. The zero-order valence-electron chi connectivity index (χ0n) is 18.6. The number of aromatic nitrogens is 5. The maximum absolute atomic E-state index is 11.1. The number of nitrogens with one attached hydrogen (secondary N) is 1. The maximum Gasteiger partial charge on any atom is 0.410 e. The number of carboxylic acid groups (broad SMARTS) is 1. The van der Waals surface area contributed by atoms with Crippen molar-refractivity contribution in [1.82, 2.24) is 24.5 Å². The summed E-state index contributed by atoms with van der Waals surface area (Å²) < 4.78 is 15.3. The Kier molecular flexibility index (Phi) is 5.55. The molecule has 11 heteroatoms. The highest BCUT2D eigenvalue weighted by Gasteiger charge is 2.33. The summed E-state index contributed by atoms with van der Waals surface area (Å²) >= 11 is 0. The molecule has 33 heavy (non-hydrogen) atoms. The monoisotopic (exact) mass is 456 g/mol. The van der Waals surface area contributed by atoms with E-state index in [2.05, 4.69) is 15.4 Å². The number of hydrogen-bond donors (Lipinski definition) is 3. The first kappa shape index (κ1) is 21.8. The molecule has 1 atom stereocenters. The van der Waals surface area contributed by atoms with Gasteiger partial charge in [-0.1, -0.05) is 0 Å². The van der Waals surface area contributed by atoms with Crippen LogP contribution in [-0.2, 0) is 16.0 Å². The molecule has 2 aliphatic rings. The Morgan fingerprint density at radius 3 is 2.76 bits per heavy atom. The van der Waals surface area contributed by atoms with E-state index in [4.69, 9.17) is 19.7 Å². The third-order valence-corrected chi connectivity index (χ3v) is 6.20. The molecule has 0 bridgehead atoms. The van der Waals surface area contributed by atoms with Crippen LogP contribution in [0.2, 0.25) is 0 Å². The minimum atomic E-state index is -1.17. The molecule has 176 valence electrons. The van der Waals surface area contributed by atoms with Crippen molar-refractivity contribution in [2.75, 3.05) is 11.9 Å². The molecule has 1 saturated heterocycles. The van der Waals surface area contributed by atoms with Crippen LogP contribution in [0.3, 0.4) is 0 Å². The van der Waals surface area contributed by atoms with E-state index < -0.39 is 11.9 Å². The smallest absolute Gasteiger partial charge is 0.410 e. The van der Waals surface area contributed by atoms with Crippen LogP contribution in [0.15, 0.2) is 24.7 Å². The SMILES string of the molecule is CC1(C)OC[C@H](Cn2cc(-c3nn(C4CCC(O)CC4)c4cc(NC(=O)O)ncc34)cn2)O1. The predicted molar refractivity (Wildman–Crippen MR) is 119 cm³/mol. The van der Waals surface area contributed by atoms with Crippen LogP contribution in [0.5, 0.6) is 0 Å². The largest absolute Gasteiger partial charge is 0.465 e. The molecular weight excluding hydrogens is 428 g/mol. The highest BCUT2D eigenvalue weighted by atomic mass is 16.7. The van der Waals surface area contributed by atoms with Gasteiger partial charge >= 0.3 is 6.09 Å². The number of nitrogens with zero attached hydrogens (tertiary/aromatic N) is 5. The Hall–Kier alpha value is -3.02. The number of pyridine rings is 1. The molecule has 3 aromatic rings.